The lowest BCUT2D eigenvalue weighted by Crippen LogP contribution is -2.45. The molecule has 0 aliphatic carbocycles. The van der Waals surface area contributed by atoms with Gasteiger partial charge in [0.25, 0.3) is 5.91 Å². The predicted molar refractivity (Wildman–Crippen MR) is 140 cm³/mol. The van der Waals surface area contributed by atoms with E-state index in [2.05, 4.69) is 22.2 Å². The second-order valence-electron chi connectivity index (χ2n) is 10.1. The van der Waals surface area contributed by atoms with E-state index in [0.29, 0.717) is 36.2 Å². The molecule has 0 saturated carbocycles. The van der Waals surface area contributed by atoms with E-state index >= 15 is 0 Å². The van der Waals surface area contributed by atoms with Gasteiger partial charge in [0.05, 0.1) is 5.56 Å². The number of nitrogens with one attached hydrogen (secondary N) is 1. The zero-order valence-corrected chi connectivity index (χ0v) is 21.8. The number of nitrogens with zero attached hydrogens (tertiary/aromatic N) is 4. The van der Waals surface area contributed by atoms with Crippen LogP contribution in [0.15, 0.2) is 54.7 Å². The summed E-state index contributed by atoms with van der Waals surface area (Å²) in [7, 11) is 0. The van der Waals surface area contributed by atoms with Crippen LogP contribution in [0.5, 0.6) is 17.2 Å². The van der Waals surface area contributed by atoms with Gasteiger partial charge >= 0.3 is 6.18 Å². The number of nitrogen functional groups attached to an aromatic ring is 1. The number of carbonyl (C=O) groups excluding carboxylic acids is 1. The lowest BCUT2D eigenvalue weighted by atomic mass is 10.0. The van der Waals surface area contributed by atoms with E-state index < -0.39 is 23.9 Å². The van der Waals surface area contributed by atoms with Crippen LogP contribution in [0.1, 0.15) is 40.0 Å². The molecule has 12 heteroatoms. The molecule has 1 aromatic heterocycles. The lowest BCUT2D eigenvalue weighted by Gasteiger charge is -2.34. The first kappa shape index (κ1) is 26.4. The summed E-state index contributed by atoms with van der Waals surface area (Å²) in [6.07, 6.45) is -3.47. The zero-order valence-electron chi connectivity index (χ0n) is 21.8. The highest BCUT2D eigenvalue weighted by atomic mass is 19.4. The maximum atomic E-state index is 14.0. The van der Waals surface area contributed by atoms with Crippen LogP contribution >= 0.6 is 0 Å². The number of pyridine rings is 1. The largest absolute Gasteiger partial charge is 0.471 e. The standard InChI is InChI=1S/C28H29F3N6O3/c1-2-35-9-11-36(12-10-35)16-18-4-3-17(13-22(18)28(29,30)31)26(38)34-37-25-21-14-19(5-6-23(21)40-27(25)37)39-20-7-8-33-24(32)15-20/h3-8,13-15,25,27H,2,9-12,16H2,1H3,(H2,32,33)(H,34,38)/t25-,27+,37?/m1/s1. The molecule has 0 radical (unpaired) electrons. The van der Waals surface area contributed by atoms with Gasteiger partial charge in [-0.3, -0.25) is 15.1 Å². The highest BCUT2D eigenvalue weighted by Gasteiger charge is 2.58. The number of likely N-dealkylation sites (N-methyl/N-ethyl adjacent to an activating group) is 1. The second kappa shape index (κ2) is 10.3. The van der Waals surface area contributed by atoms with Crippen molar-refractivity contribution in [2.24, 2.45) is 0 Å². The number of hydrogen-bond donors (Lipinski definition) is 2. The summed E-state index contributed by atoms with van der Waals surface area (Å²) < 4.78 is 53.7. The maximum absolute atomic E-state index is 14.0. The minimum atomic E-state index is -4.58. The van der Waals surface area contributed by atoms with Gasteiger partial charge in [-0.15, -0.1) is 0 Å². The van der Waals surface area contributed by atoms with Gasteiger partial charge in [0.2, 0.25) is 0 Å². The third-order valence-corrected chi connectivity index (χ3v) is 7.50. The van der Waals surface area contributed by atoms with Gasteiger partial charge in [0.15, 0.2) is 6.23 Å². The van der Waals surface area contributed by atoms with E-state index in [0.717, 1.165) is 31.3 Å². The predicted octanol–water partition coefficient (Wildman–Crippen LogP) is 4.03. The molecule has 3 aromatic rings. The van der Waals surface area contributed by atoms with Crippen molar-refractivity contribution in [3.63, 3.8) is 0 Å². The number of benzene rings is 2. The van der Waals surface area contributed by atoms with E-state index in [9.17, 15) is 18.0 Å². The minimum absolute atomic E-state index is 0.0653. The summed E-state index contributed by atoms with van der Waals surface area (Å²) in [6, 6.07) is 12.1. The number of fused-ring (bicyclic) bond motifs is 3. The first-order valence-corrected chi connectivity index (χ1v) is 13.1. The highest BCUT2D eigenvalue weighted by Crippen LogP contribution is 2.53. The van der Waals surface area contributed by atoms with Crippen LogP contribution in [-0.4, -0.2) is 64.7 Å². The molecule has 3 aliphatic rings. The molecule has 4 heterocycles. The smallest absolute Gasteiger partial charge is 0.416 e. The molecule has 2 aromatic carbocycles. The maximum Gasteiger partial charge on any atom is 0.416 e. The molecule has 6 rings (SSSR count). The summed E-state index contributed by atoms with van der Waals surface area (Å²) in [5, 5.41) is 1.58. The van der Waals surface area contributed by atoms with E-state index in [4.69, 9.17) is 15.2 Å². The van der Waals surface area contributed by atoms with Crippen LogP contribution in [-0.2, 0) is 12.7 Å². The van der Waals surface area contributed by atoms with Crippen molar-refractivity contribution in [1.82, 2.24) is 25.2 Å². The van der Waals surface area contributed by atoms with Crippen LogP contribution in [0.4, 0.5) is 19.0 Å². The monoisotopic (exact) mass is 554 g/mol. The van der Waals surface area contributed by atoms with Gasteiger partial charge in [-0.1, -0.05) is 13.0 Å². The molecular formula is C28H29F3N6O3. The molecule has 210 valence electrons. The van der Waals surface area contributed by atoms with Gasteiger partial charge in [-0.25, -0.2) is 4.98 Å². The van der Waals surface area contributed by atoms with Crippen molar-refractivity contribution < 1.29 is 27.4 Å². The number of hydrazine groups is 1. The van der Waals surface area contributed by atoms with Crippen molar-refractivity contribution >= 4 is 11.7 Å². The SMILES string of the molecule is CCN1CCN(Cc2ccc(C(=O)NN3[C@@H]4c5cc(Oc6ccnc(N)c6)ccc5O[C@@H]43)cc2C(F)(F)F)CC1. The van der Waals surface area contributed by atoms with Gasteiger partial charge in [-0.2, -0.15) is 18.2 Å². The fraction of sp³-hybridized carbons (Fsp3) is 0.357. The molecule has 1 unspecified atom stereocenters. The lowest BCUT2D eigenvalue weighted by molar-refractivity contribution is -0.138. The summed E-state index contributed by atoms with van der Waals surface area (Å²) in [6.45, 7) is 6.25. The number of nitrogens with two attached hydrogens (primary N) is 1. The number of halogens is 3. The van der Waals surface area contributed by atoms with Crippen LogP contribution in [0.25, 0.3) is 0 Å². The molecule has 0 bridgehead atoms. The Morgan fingerprint density at radius 2 is 1.82 bits per heavy atom. The van der Waals surface area contributed by atoms with Crippen LogP contribution in [0, 0.1) is 0 Å². The topological polar surface area (TPSA) is 96.0 Å². The first-order valence-electron chi connectivity index (χ1n) is 13.1. The average Bonchev–Trinajstić information content (AvgIpc) is 3.44. The molecule has 3 atom stereocenters. The number of amides is 1. The number of hydrogen-bond acceptors (Lipinski definition) is 8. The first-order chi connectivity index (χ1) is 19.2. The van der Waals surface area contributed by atoms with Gasteiger partial charge < -0.3 is 20.1 Å². The Hall–Kier alpha value is -3.87. The Morgan fingerprint density at radius 3 is 2.55 bits per heavy atom. The number of aromatic nitrogens is 1. The number of ether oxygens (including phenoxy) is 2. The molecule has 3 aliphatic heterocycles. The zero-order chi connectivity index (χ0) is 28.0. The normalized spacial score (nSPS) is 22.2. The minimum Gasteiger partial charge on any atom is -0.471 e. The third kappa shape index (κ3) is 5.29. The summed E-state index contributed by atoms with van der Waals surface area (Å²) in [5.41, 5.74) is 8.53. The fourth-order valence-corrected chi connectivity index (χ4v) is 5.26. The summed E-state index contributed by atoms with van der Waals surface area (Å²) >= 11 is 0. The highest BCUT2D eigenvalue weighted by molar-refractivity contribution is 5.94. The second-order valence-corrected chi connectivity index (χ2v) is 10.1. The number of alkyl halides is 3. The van der Waals surface area contributed by atoms with Crippen LogP contribution in [0.3, 0.4) is 0 Å². The van der Waals surface area contributed by atoms with Crippen molar-refractivity contribution in [3.05, 3.63) is 77.0 Å². The third-order valence-electron chi connectivity index (χ3n) is 7.50. The van der Waals surface area contributed by atoms with Crippen LogP contribution < -0.4 is 20.6 Å². The number of piperazine rings is 1. The Balaban J connectivity index is 1.13. The molecule has 1 amide bonds. The van der Waals surface area contributed by atoms with E-state index in [1.807, 2.05) is 4.90 Å². The molecule has 0 spiro atoms. The molecule has 9 nitrogen and oxygen atoms in total. The summed E-state index contributed by atoms with van der Waals surface area (Å²) in [5.74, 6) is 1.43. The van der Waals surface area contributed by atoms with Crippen molar-refractivity contribution in [2.75, 3.05) is 38.5 Å². The van der Waals surface area contributed by atoms with Crippen molar-refractivity contribution in [2.45, 2.75) is 31.9 Å². The number of anilines is 1. The van der Waals surface area contributed by atoms with Gasteiger partial charge in [0.1, 0.15) is 29.1 Å². The van der Waals surface area contributed by atoms with Gasteiger partial charge in [0, 0.05) is 56.1 Å². The number of rotatable bonds is 7. The summed E-state index contributed by atoms with van der Waals surface area (Å²) in [4.78, 5) is 21.2. The van der Waals surface area contributed by atoms with E-state index in [1.165, 1.54) is 12.1 Å². The Bertz CT molecular complexity index is 1430. The van der Waals surface area contributed by atoms with Crippen LogP contribution in [0.2, 0.25) is 0 Å². The quantitative estimate of drug-likeness (QED) is 0.423. The molecule has 3 N–H and O–H groups in total. The number of carbonyl (C=O) groups is 1. The van der Waals surface area contributed by atoms with Gasteiger partial charge in [-0.05, 0) is 48.5 Å². The Morgan fingerprint density at radius 1 is 1.07 bits per heavy atom. The fourth-order valence-electron chi connectivity index (χ4n) is 5.26. The van der Waals surface area contributed by atoms with E-state index in [-0.39, 0.29) is 23.7 Å². The van der Waals surface area contributed by atoms with Crippen molar-refractivity contribution in [3.8, 4) is 17.2 Å². The van der Waals surface area contributed by atoms with E-state index in [1.54, 1.807) is 41.5 Å². The average molecular weight is 555 g/mol. The molecule has 40 heavy (non-hydrogen) atoms. The van der Waals surface area contributed by atoms with Crippen molar-refractivity contribution in [1.29, 1.82) is 0 Å². The Kier molecular flexibility index (Phi) is 6.77. The molecule has 2 saturated heterocycles. The molecular weight excluding hydrogens is 525 g/mol. The molecule has 2 fully saturated rings. The Labute approximate surface area is 229 Å².